The Morgan fingerprint density at radius 3 is 3.07 bits per heavy atom. The maximum absolute atomic E-state index is 5.58. The lowest BCUT2D eigenvalue weighted by molar-refractivity contribution is 0.397. The van der Waals surface area contributed by atoms with E-state index in [1.807, 2.05) is 30.0 Å². The van der Waals surface area contributed by atoms with Gasteiger partial charge in [0.2, 0.25) is 5.88 Å². The summed E-state index contributed by atoms with van der Waals surface area (Å²) in [5.41, 5.74) is 1.06. The second-order valence-corrected chi connectivity index (χ2v) is 4.25. The molecule has 0 atom stereocenters. The molecule has 0 amide bonds. The Balaban J connectivity index is 2.34. The molecular formula is C10H14ClNOS. The lowest BCUT2D eigenvalue weighted by Gasteiger charge is -2.02. The fourth-order valence-corrected chi connectivity index (χ4v) is 2.14. The molecular weight excluding hydrogens is 218 g/mol. The summed E-state index contributed by atoms with van der Waals surface area (Å²) < 4.78 is 5.04. The Kier molecular flexibility index (Phi) is 5.80. The molecule has 0 radical (unpaired) electrons. The third-order valence-electron chi connectivity index (χ3n) is 1.66. The van der Waals surface area contributed by atoms with Crippen LogP contribution in [-0.2, 0) is 5.75 Å². The molecule has 78 valence electrons. The molecule has 0 N–H and O–H groups in total. The van der Waals surface area contributed by atoms with Crippen LogP contribution in [0.1, 0.15) is 12.1 Å². The highest BCUT2D eigenvalue weighted by Gasteiger charge is 1.97. The third-order valence-corrected chi connectivity index (χ3v) is 3.01. The number of methoxy groups -OCH3 is 1. The SMILES string of the molecule is COc1cccc(CSCCCCl)n1. The number of halogens is 1. The van der Waals surface area contributed by atoms with Crippen molar-refractivity contribution in [1.29, 1.82) is 0 Å². The van der Waals surface area contributed by atoms with Gasteiger partial charge in [0, 0.05) is 17.7 Å². The molecule has 0 saturated heterocycles. The van der Waals surface area contributed by atoms with Crippen molar-refractivity contribution in [3.05, 3.63) is 23.9 Å². The van der Waals surface area contributed by atoms with E-state index in [-0.39, 0.29) is 0 Å². The van der Waals surface area contributed by atoms with E-state index in [1.165, 1.54) is 0 Å². The molecule has 1 heterocycles. The fraction of sp³-hybridized carbons (Fsp3) is 0.500. The summed E-state index contributed by atoms with van der Waals surface area (Å²) in [6.45, 7) is 0. The van der Waals surface area contributed by atoms with E-state index in [9.17, 15) is 0 Å². The number of pyridine rings is 1. The minimum Gasteiger partial charge on any atom is -0.481 e. The highest BCUT2D eigenvalue weighted by atomic mass is 35.5. The maximum atomic E-state index is 5.58. The number of rotatable bonds is 6. The number of alkyl halides is 1. The van der Waals surface area contributed by atoms with Crippen LogP contribution in [0.15, 0.2) is 18.2 Å². The van der Waals surface area contributed by atoms with E-state index >= 15 is 0 Å². The zero-order valence-corrected chi connectivity index (χ0v) is 9.77. The molecule has 0 unspecified atom stereocenters. The van der Waals surface area contributed by atoms with E-state index < -0.39 is 0 Å². The third kappa shape index (κ3) is 4.20. The fourth-order valence-electron chi connectivity index (χ4n) is 0.985. The van der Waals surface area contributed by atoms with Gasteiger partial charge < -0.3 is 4.74 Å². The van der Waals surface area contributed by atoms with Crippen LogP contribution >= 0.6 is 23.4 Å². The highest BCUT2D eigenvalue weighted by Crippen LogP contribution is 2.14. The van der Waals surface area contributed by atoms with Crippen molar-refractivity contribution in [1.82, 2.24) is 4.98 Å². The van der Waals surface area contributed by atoms with Crippen molar-refractivity contribution in [3.8, 4) is 5.88 Å². The number of aromatic nitrogens is 1. The van der Waals surface area contributed by atoms with Crippen LogP contribution in [0.25, 0.3) is 0 Å². The Morgan fingerprint density at radius 2 is 2.36 bits per heavy atom. The van der Waals surface area contributed by atoms with Gasteiger partial charge >= 0.3 is 0 Å². The van der Waals surface area contributed by atoms with E-state index in [0.717, 1.165) is 29.5 Å². The van der Waals surface area contributed by atoms with Crippen molar-refractivity contribution in [3.63, 3.8) is 0 Å². The van der Waals surface area contributed by atoms with Crippen LogP contribution in [0.4, 0.5) is 0 Å². The summed E-state index contributed by atoms with van der Waals surface area (Å²) in [5.74, 6) is 3.43. The number of ether oxygens (including phenoxy) is 1. The second kappa shape index (κ2) is 6.96. The molecule has 0 aromatic carbocycles. The first kappa shape index (κ1) is 11.7. The van der Waals surface area contributed by atoms with Gasteiger partial charge in [-0.05, 0) is 18.2 Å². The molecule has 2 nitrogen and oxygen atoms in total. The number of hydrogen-bond donors (Lipinski definition) is 0. The van der Waals surface area contributed by atoms with E-state index in [4.69, 9.17) is 16.3 Å². The van der Waals surface area contributed by atoms with Gasteiger partial charge in [0.15, 0.2) is 0 Å². The molecule has 4 heteroatoms. The Morgan fingerprint density at radius 1 is 1.50 bits per heavy atom. The van der Waals surface area contributed by atoms with Gasteiger partial charge in [0.25, 0.3) is 0 Å². The molecule has 1 aromatic rings. The second-order valence-electron chi connectivity index (χ2n) is 2.77. The largest absolute Gasteiger partial charge is 0.481 e. The zero-order chi connectivity index (χ0) is 10.2. The summed E-state index contributed by atoms with van der Waals surface area (Å²) in [6, 6.07) is 5.83. The molecule has 14 heavy (non-hydrogen) atoms. The van der Waals surface area contributed by atoms with Crippen LogP contribution in [-0.4, -0.2) is 23.7 Å². The molecule has 0 aliphatic heterocycles. The Bertz CT molecular complexity index is 270. The quantitative estimate of drug-likeness (QED) is 0.555. The number of nitrogens with zero attached hydrogens (tertiary/aromatic N) is 1. The van der Waals surface area contributed by atoms with Crippen molar-refractivity contribution >= 4 is 23.4 Å². The Hall–Kier alpha value is -0.410. The molecule has 0 aliphatic carbocycles. The molecule has 0 aliphatic rings. The summed E-state index contributed by atoms with van der Waals surface area (Å²) in [6.07, 6.45) is 1.05. The first-order chi connectivity index (χ1) is 6.86. The minimum absolute atomic E-state index is 0.681. The Labute approximate surface area is 94.0 Å². The van der Waals surface area contributed by atoms with Crippen LogP contribution in [0, 0.1) is 0 Å². The van der Waals surface area contributed by atoms with Gasteiger partial charge in [-0.3, -0.25) is 0 Å². The van der Waals surface area contributed by atoms with Crippen molar-refractivity contribution in [2.24, 2.45) is 0 Å². The molecule has 1 rings (SSSR count). The monoisotopic (exact) mass is 231 g/mol. The van der Waals surface area contributed by atoms with Gasteiger partial charge in [-0.15, -0.1) is 11.6 Å². The van der Waals surface area contributed by atoms with Crippen LogP contribution in [0.3, 0.4) is 0 Å². The van der Waals surface area contributed by atoms with E-state index in [2.05, 4.69) is 4.98 Å². The normalized spacial score (nSPS) is 10.1. The summed E-state index contributed by atoms with van der Waals surface area (Å²) >= 11 is 7.43. The van der Waals surface area contributed by atoms with Crippen molar-refractivity contribution in [2.45, 2.75) is 12.2 Å². The first-order valence-electron chi connectivity index (χ1n) is 4.50. The van der Waals surface area contributed by atoms with Crippen molar-refractivity contribution in [2.75, 3.05) is 18.7 Å². The van der Waals surface area contributed by atoms with Gasteiger partial charge in [0.05, 0.1) is 12.8 Å². The number of hydrogen-bond acceptors (Lipinski definition) is 3. The summed E-state index contributed by atoms with van der Waals surface area (Å²) in [5, 5.41) is 0. The van der Waals surface area contributed by atoms with E-state index in [0.29, 0.717) is 5.88 Å². The van der Waals surface area contributed by atoms with Crippen LogP contribution in [0.2, 0.25) is 0 Å². The predicted octanol–water partition coefficient (Wildman–Crippen LogP) is 2.95. The maximum Gasteiger partial charge on any atom is 0.213 e. The van der Waals surface area contributed by atoms with Crippen molar-refractivity contribution < 1.29 is 4.74 Å². The molecule has 0 bridgehead atoms. The zero-order valence-electron chi connectivity index (χ0n) is 8.20. The average Bonchev–Trinajstić information content (AvgIpc) is 2.25. The van der Waals surface area contributed by atoms with Gasteiger partial charge in [-0.25, -0.2) is 4.98 Å². The van der Waals surface area contributed by atoms with Gasteiger partial charge in [-0.2, -0.15) is 11.8 Å². The number of thioether (sulfide) groups is 1. The lowest BCUT2D eigenvalue weighted by atomic mass is 10.4. The lowest BCUT2D eigenvalue weighted by Crippen LogP contribution is -1.92. The van der Waals surface area contributed by atoms with Crippen LogP contribution < -0.4 is 4.74 Å². The molecule has 0 spiro atoms. The average molecular weight is 232 g/mol. The standard InChI is InChI=1S/C10H14ClNOS/c1-13-10-5-2-4-9(12-10)8-14-7-3-6-11/h2,4-5H,3,6-8H2,1H3. The van der Waals surface area contributed by atoms with Gasteiger partial charge in [0.1, 0.15) is 0 Å². The molecule has 0 saturated carbocycles. The van der Waals surface area contributed by atoms with Gasteiger partial charge in [-0.1, -0.05) is 6.07 Å². The highest BCUT2D eigenvalue weighted by molar-refractivity contribution is 7.98. The predicted molar refractivity (Wildman–Crippen MR) is 62.3 cm³/mol. The topological polar surface area (TPSA) is 22.1 Å². The summed E-state index contributed by atoms with van der Waals surface area (Å²) in [7, 11) is 1.63. The summed E-state index contributed by atoms with van der Waals surface area (Å²) in [4.78, 5) is 4.31. The van der Waals surface area contributed by atoms with E-state index in [1.54, 1.807) is 7.11 Å². The molecule has 1 aromatic heterocycles. The first-order valence-corrected chi connectivity index (χ1v) is 6.19. The molecule has 0 fully saturated rings. The smallest absolute Gasteiger partial charge is 0.213 e. The minimum atomic E-state index is 0.681. The van der Waals surface area contributed by atoms with Crippen LogP contribution in [0.5, 0.6) is 5.88 Å².